The first-order valence-electron chi connectivity index (χ1n) is 8.60. The second-order valence-electron chi connectivity index (χ2n) is 6.81. The lowest BCUT2D eigenvalue weighted by molar-refractivity contribution is 0.836. The summed E-state index contributed by atoms with van der Waals surface area (Å²) < 4.78 is 1.40. The number of hydrogen-bond donors (Lipinski definition) is 1. The number of fused-ring (bicyclic) bond motifs is 2. The molecule has 2 aromatic carbocycles. The summed E-state index contributed by atoms with van der Waals surface area (Å²) in [5, 5.41) is 2.69. The van der Waals surface area contributed by atoms with Gasteiger partial charge in [0.1, 0.15) is 0 Å². The van der Waals surface area contributed by atoms with Crippen LogP contribution in [0.15, 0.2) is 60.7 Å². The molecule has 2 heterocycles. The van der Waals surface area contributed by atoms with Crippen LogP contribution in [0, 0.1) is 0 Å². The molecule has 124 valence electrons. The number of rotatable bonds is 2. The minimum Gasteiger partial charge on any atom is -0.358 e. The Morgan fingerprint density at radius 3 is 2.04 bits per heavy atom. The summed E-state index contributed by atoms with van der Waals surface area (Å²) >= 11 is 1.91. The van der Waals surface area contributed by atoms with Crippen LogP contribution < -0.4 is 0 Å². The van der Waals surface area contributed by atoms with Crippen molar-refractivity contribution < 1.29 is 0 Å². The van der Waals surface area contributed by atoms with Gasteiger partial charge < -0.3 is 4.98 Å². The van der Waals surface area contributed by atoms with E-state index >= 15 is 0 Å². The molecule has 1 N–H and O–H groups in total. The molecule has 0 unspecified atom stereocenters. The zero-order valence-electron chi connectivity index (χ0n) is 14.8. The summed E-state index contributed by atoms with van der Waals surface area (Å²) in [6.45, 7) is 8.88. The van der Waals surface area contributed by atoms with Crippen LogP contribution >= 0.6 is 11.3 Å². The fourth-order valence-electron chi connectivity index (χ4n) is 2.69. The van der Waals surface area contributed by atoms with Crippen LogP contribution in [0.25, 0.3) is 21.0 Å². The SMILES string of the molecule is CC(C)c1cc2ccccc2[nH]1.CC(C)c1cc2ccccc2s1. The first kappa shape index (κ1) is 16.8. The Kier molecular flexibility index (Phi) is 5.06. The van der Waals surface area contributed by atoms with E-state index in [1.165, 1.54) is 31.6 Å². The summed E-state index contributed by atoms with van der Waals surface area (Å²) in [5.74, 6) is 1.24. The summed E-state index contributed by atoms with van der Waals surface area (Å²) in [6.07, 6.45) is 0. The van der Waals surface area contributed by atoms with Gasteiger partial charge >= 0.3 is 0 Å². The normalized spacial score (nSPS) is 11.2. The molecule has 0 aliphatic rings. The smallest absolute Gasteiger partial charge is 0.0456 e. The average Bonchev–Trinajstić information content (AvgIpc) is 3.19. The van der Waals surface area contributed by atoms with Crippen LogP contribution in [0.1, 0.15) is 50.1 Å². The largest absolute Gasteiger partial charge is 0.358 e. The van der Waals surface area contributed by atoms with Gasteiger partial charge in [0.05, 0.1) is 0 Å². The van der Waals surface area contributed by atoms with Gasteiger partial charge in [0.15, 0.2) is 0 Å². The van der Waals surface area contributed by atoms with Crippen molar-refractivity contribution in [3.8, 4) is 0 Å². The predicted octanol–water partition coefficient (Wildman–Crippen LogP) is 7.32. The lowest BCUT2D eigenvalue weighted by Crippen LogP contribution is -1.84. The molecule has 0 bridgehead atoms. The third-order valence-corrected chi connectivity index (χ3v) is 5.60. The van der Waals surface area contributed by atoms with Gasteiger partial charge in [-0.25, -0.2) is 0 Å². The Bertz CT molecular complexity index is 783. The number of aromatic amines is 1. The predicted molar refractivity (Wildman–Crippen MR) is 108 cm³/mol. The zero-order valence-corrected chi connectivity index (χ0v) is 15.7. The van der Waals surface area contributed by atoms with E-state index in [0.29, 0.717) is 11.8 Å². The molecule has 0 atom stereocenters. The number of benzene rings is 2. The molecule has 0 fully saturated rings. The Labute approximate surface area is 148 Å². The fraction of sp³-hybridized carbons (Fsp3) is 0.273. The highest BCUT2D eigenvalue weighted by atomic mass is 32.1. The molecule has 2 heteroatoms. The molecule has 24 heavy (non-hydrogen) atoms. The second-order valence-corrected chi connectivity index (χ2v) is 7.92. The van der Waals surface area contributed by atoms with Gasteiger partial charge in [-0.3, -0.25) is 0 Å². The summed E-state index contributed by atoms with van der Waals surface area (Å²) in [4.78, 5) is 4.88. The zero-order chi connectivity index (χ0) is 17.1. The van der Waals surface area contributed by atoms with Gasteiger partial charge in [0.25, 0.3) is 0 Å². The maximum absolute atomic E-state index is 3.40. The summed E-state index contributed by atoms with van der Waals surface area (Å²) in [5.41, 5.74) is 2.55. The minimum absolute atomic E-state index is 0.581. The third kappa shape index (κ3) is 3.70. The number of para-hydroxylation sites is 1. The van der Waals surface area contributed by atoms with Crippen LogP contribution in [-0.2, 0) is 0 Å². The maximum atomic E-state index is 3.40. The molecular weight excluding hydrogens is 310 g/mol. The Balaban J connectivity index is 0.000000141. The van der Waals surface area contributed by atoms with Crippen molar-refractivity contribution in [2.45, 2.75) is 39.5 Å². The van der Waals surface area contributed by atoms with Crippen LogP contribution in [0.4, 0.5) is 0 Å². The molecule has 2 aromatic heterocycles. The number of nitrogens with one attached hydrogen (secondary N) is 1. The molecule has 1 nitrogen and oxygen atoms in total. The third-order valence-electron chi connectivity index (χ3n) is 4.19. The van der Waals surface area contributed by atoms with E-state index in [4.69, 9.17) is 0 Å². The lowest BCUT2D eigenvalue weighted by atomic mass is 10.1. The van der Waals surface area contributed by atoms with Crippen molar-refractivity contribution in [1.82, 2.24) is 4.98 Å². The number of aromatic nitrogens is 1. The standard InChI is InChI=1S/C11H13N.C11H12S/c2*1-8(2)11-7-9-5-3-4-6-10(9)12-11/h3-8,12H,1-2H3;3-8H,1-2H3. The van der Waals surface area contributed by atoms with Crippen molar-refractivity contribution in [3.63, 3.8) is 0 Å². The van der Waals surface area contributed by atoms with Gasteiger partial charge in [-0.2, -0.15) is 0 Å². The van der Waals surface area contributed by atoms with Gasteiger partial charge in [-0.1, -0.05) is 64.1 Å². The van der Waals surface area contributed by atoms with E-state index in [0.717, 1.165) is 0 Å². The van der Waals surface area contributed by atoms with Crippen LogP contribution in [0.5, 0.6) is 0 Å². The molecule has 0 amide bonds. The molecule has 0 radical (unpaired) electrons. The van der Waals surface area contributed by atoms with E-state index < -0.39 is 0 Å². The van der Waals surface area contributed by atoms with Crippen molar-refractivity contribution in [2.24, 2.45) is 0 Å². The molecule has 0 aliphatic heterocycles. The first-order chi connectivity index (χ1) is 11.5. The van der Waals surface area contributed by atoms with Crippen molar-refractivity contribution in [1.29, 1.82) is 0 Å². The van der Waals surface area contributed by atoms with Gasteiger partial charge in [0.2, 0.25) is 0 Å². The van der Waals surface area contributed by atoms with Gasteiger partial charge in [-0.15, -0.1) is 11.3 Å². The molecule has 0 spiro atoms. The quantitative estimate of drug-likeness (QED) is 0.395. The molecular formula is C22H25NS. The van der Waals surface area contributed by atoms with Crippen molar-refractivity contribution in [3.05, 3.63) is 71.2 Å². The second kappa shape index (κ2) is 7.23. The molecule has 0 aliphatic carbocycles. The Morgan fingerprint density at radius 2 is 1.42 bits per heavy atom. The highest BCUT2D eigenvalue weighted by Gasteiger charge is 2.03. The highest BCUT2D eigenvalue weighted by molar-refractivity contribution is 7.19. The molecule has 0 saturated carbocycles. The van der Waals surface area contributed by atoms with Gasteiger partial charge in [-0.05, 0) is 46.9 Å². The minimum atomic E-state index is 0.581. The number of H-pyrrole nitrogens is 1. The van der Waals surface area contributed by atoms with Crippen LogP contribution in [0.2, 0.25) is 0 Å². The highest BCUT2D eigenvalue weighted by Crippen LogP contribution is 2.30. The lowest BCUT2D eigenvalue weighted by Gasteiger charge is -1.97. The van der Waals surface area contributed by atoms with Gasteiger partial charge in [0, 0.05) is 20.8 Å². The first-order valence-corrected chi connectivity index (χ1v) is 9.42. The number of hydrogen-bond acceptors (Lipinski definition) is 1. The van der Waals surface area contributed by atoms with Crippen LogP contribution in [-0.4, -0.2) is 4.98 Å². The van der Waals surface area contributed by atoms with E-state index in [-0.39, 0.29) is 0 Å². The maximum Gasteiger partial charge on any atom is 0.0456 e. The Morgan fingerprint density at radius 1 is 0.750 bits per heavy atom. The van der Waals surface area contributed by atoms with Crippen molar-refractivity contribution >= 4 is 32.3 Å². The molecule has 4 rings (SSSR count). The van der Waals surface area contributed by atoms with Crippen molar-refractivity contribution in [2.75, 3.05) is 0 Å². The van der Waals surface area contributed by atoms with Crippen LogP contribution in [0.3, 0.4) is 0 Å². The topological polar surface area (TPSA) is 15.8 Å². The summed E-state index contributed by atoms with van der Waals surface area (Å²) in [7, 11) is 0. The van der Waals surface area contributed by atoms with E-state index in [1.54, 1.807) is 0 Å². The summed E-state index contributed by atoms with van der Waals surface area (Å²) in [6, 6.07) is 21.5. The van der Waals surface area contributed by atoms with E-state index in [1.807, 2.05) is 11.3 Å². The number of thiophene rings is 1. The average molecular weight is 336 g/mol. The fourth-order valence-corrected chi connectivity index (χ4v) is 3.76. The Hall–Kier alpha value is -2.06. The molecule has 0 saturated heterocycles. The van der Waals surface area contributed by atoms with E-state index in [2.05, 4.69) is 93.3 Å². The monoisotopic (exact) mass is 335 g/mol. The van der Waals surface area contributed by atoms with E-state index in [9.17, 15) is 0 Å². The molecule has 4 aromatic rings.